The lowest BCUT2D eigenvalue weighted by atomic mass is 9.82. The summed E-state index contributed by atoms with van der Waals surface area (Å²) in [6, 6.07) is 16.9. The molecule has 0 spiro atoms. The molecule has 2 aromatic heterocycles. The quantitative estimate of drug-likeness (QED) is 0.355. The topological polar surface area (TPSA) is 94.1 Å². The normalized spacial score (nSPS) is 18.1. The number of allylic oxidation sites excluding steroid dienone is 4. The summed E-state index contributed by atoms with van der Waals surface area (Å²) in [6.45, 7) is 0. The zero-order valence-electron chi connectivity index (χ0n) is 19.0. The third kappa shape index (κ3) is 4.31. The number of benzene rings is 2. The number of methoxy groups -OCH3 is 1. The van der Waals surface area contributed by atoms with E-state index in [0.29, 0.717) is 21.4 Å². The number of aromatic nitrogens is 3. The van der Waals surface area contributed by atoms with Crippen LogP contribution in [0.2, 0.25) is 0 Å². The van der Waals surface area contributed by atoms with Crippen molar-refractivity contribution in [3.05, 3.63) is 107 Å². The molecule has 1 unspecified atom stereocenters. The molecular formula is C26H20ClFN4O3S. The molecule has 2 aromatic carbocycles. The second-order valence-electron chi connectivity index (χ2n) is 8.10. The molecule has 1 N–H and O–H groups in total. The molecule has 36 heavy (non-hydrogen) atoms. The molecule has 0 bridgehead atoms. The third-order valence-corrected chi connectivity index (χ3v) is 7.58. The van der Waals surface area contributed by atoms with Crippen LogP contribution in [-0.4, -0.2) is 30.5 Å². The van der Waals surface area contributed by atoms with Gasteiger partial charge in [0.25, 0.3) is 10.0 Å². The van der Waals surface area contributed by atoms with Crippen molar-refractivity contribution < 1.29 is 17.5 Å². The average molecular weight is 523 g/mol. The second kappa shape index (κ2) is 9.33. The Labute approximate surface area is 212 Å². The predicted octanol–water partition coefficient (Wildman–Crippen LogP) is 5.57. The van der Waals surface area contributed by atoms with E-state index in [2.05, 4.69) is 19.7 Å². The number of pyridine rings is 1. The largest absolute Gasteiger partial charge is 0.497 e. The van der Waals surface area contributed by atoms with Crippen LogP contribution in [0.3, 0.4) is 0 Å². The summed E-state index contributed by atoms with van der Waals surface area (Å²) in [5, 5.41) is 1.32. The van der Waals surface area contributed by atoms with E-state index in [9.17, 15) is 8.42 Å². The van der Waals surface area contributed by atoms with Gasteiger partial charge in [-0.1, -0.05) is 48.0 Å². The number of rotatable bonds is 6. The molecule has 182 valence electrons. The monoisotopic (exact) mass is 522 g/mol. The first kappa shape index (κ1) is 23.9. The molecular weight excluding hydrogens is 503 g/mol. The fraction of sp³-hybridized carbons (Fsp3) is 0.115. The highest BCUT2D eigenvalue weighted by Gasteiger charge is 2.44. The van der Waals surface area contributed by atoms with Gasteiger partial charge in [-0.2, -0.15) is 0 Å². The maximum atomic E-state index is 16.9. The summed E-state index contributed by atoms with van der Waals surface area (Å²) in [4.78, 5) is 12.1. The first-order valence-corrected chi connectivity index (χ1v) is 12.8. The van der Waals surface area contributed by atoms with Crippen molar-refractivity contribution in [3.8, 4) is 0 Å². The Morgan fingerprint density at radius 2 is 1.75 bits per heavy atom. The molecule has 1 aliphatic rings. The zero-order chi connectivity index (χ0) is 25.3. The van der Waals surface area contributed by atoms with Crippen molar-refractivity contribution in [2.45, 2.75) is 17.0 Å². The van der Waals surface area contributed by atoms with Crippen molar-refractivity contribution in [2.24, 2.45) is 0 Å². The summed E-state index contributed by atoms with van der Waals surface area (Å²) in [5.74, 6) is -0.0308. The van der Waals surface area contributed by atoms with Gasteiger partial charge in [0.2, 0.25) is 11.6 Å². The summed E-state index contributed by atoms with van der Waals surface area (Å²) >= 11 is 6.51. The molecule has 4 aromatic rings. The summed E-state index contributed by atoms with van der Waals surface area (Å²) in [7, 11) is -2.60. The van der Waals surface area contributed by atoms with E-state index in [0.717, 1.165) is 5.56 Å². The molecule has 0 radical (unpaired) electrons. The van der Waals surface area contributed by atoms with Crippen molar-refractivity contribution in [2.75, 3.05) is 11.8 Å². The van der Waals surface area contributed by atoms with E-state index in [4.69, 9.17) is 16.3 Å². The molecule has 1 atom stereocenters. The number of ether oxygens (including phenoxy) is 1. The van der Waals surface area contributed by atoms with Gasteiger partial charge >= 0.3 is 0 Å². The van der Waals surface area contributed by atoms with Crippen molar-refractivity contribution in [1.29, 1.82) is 0 Å². The zero-order valence-corrected chi connectivity index (χ0v) is 20.6. The number of anilines is 1. The van der Waals surface area contributed by atoms with Crippen LogP contribution in [0.1, 0.15) is 17.7 Å². The maximum Gasteiger partial charge on any atom is 0.264 e. The Bertz CT molecular complexity index is 1610. The summed E-state index contributed by atoms with van der Waals surface area (Å²) in [6.07, 6.45) is 5.67. The molecule has 10 heteroatoms. The molecule has 0 saturated carbocycles. The second-order valence-corrected chi connectivity index (χ2v) is 10.2. The Morgan fingerprint density at radius 1 is 1.00 bits per heavy atom. The van der Waals surface area contributed by atoms with Gasteiger partial charge in [0.15, 0.2) is 0 Å². The predicted molar refractivity (Wildman–Crippen MR) is 136 cm³/mol. The van der Waals surface area contributed by atoms with E-state index < -0.39 is 15.7 Å². The minimum atomic E-state index is -3.98. The van der Waals surface area contributed by atoms with Gasteiger partial charge in [0, 0.05) is 35.4 Å². The van der Waals surface area contributed by atoms with Gasteiger partial charge in [0.05, 0.1) is 17.7 Å². The van der Waals surface area contributed by atoms with E-state index in [1.807, 2.05) is 30.3 Å². The maximum absolute atomic E-state index is 16.9. The van der Waals surface area contributed by atoms with Gasteiger partial charge in [0.1, 0.15) is 5.76 Å². The molecule has 5 rings (SSSR count). The fourth-order valence-corrected chi connectivity index (χ4v) is 5.47. The standard InChI is InChI=1S/C26H20ClFN4O3S/c1-35-23-15-22(27)21(17-6-3-2-4-7-17)16-26(23,28)24-20-9-8-19(14-18(20)10-13-29-24)36(33,34)32-25-30-11-5-12-31-25/h2-15H,16H2,1H3,(H,30,31,32). The minimum absolute atomic E-state index is 0.0202. The molecule has 0 fully saturated rings. The number of sulfonamides is 1. The van der Waals surface area contributed by atoms with Crippen LogP contribution in [-0.2, 0) is 20.4 Å². The van der Waals surface area contributed by atoms with Gasteiger partial charge in [-0.05, 0) is 46.9 Å². The summed E-state index contributed by atoms with van der Waals surface area (Å²) in [5.41, 5.74) is -0.618. The SMILES string of the molecule is COC1=CC(Cl)=C(c2ccccc2)CC1(F)c1nccc2cc(S(=O)(=O)Nc3ncccn3)ccc12. The van der Waals surface area contributed by atoms with Crippen LogP contribution in [0.25, 0.3) is 16.3 Å². The highest BCUT2D eigenvalue weighted by molar-refractivity contribution is 7.92. The Balaban J connectivity index is 1.58. The van der Waals surface area contributed by atoms with Gasteiger partial charge in [-0.3, -0.25) is 4.98 Å². The van der Waals surface area contributed by atoms with Gasteiger partial charge in [-0.15, -0.1) is 0 Å². The number of fused-ring (bicyclic) bond motifs is 1. The van der Waals surface area contributed by atoms with E-state index in [1.54, 1.807) is 12.1 Å². The minimum Gasteiger partial charge on any atom is -0.497 e. The van der Waals surface area contributed by atoms with Crippen molar-refractivity contribution in [3.63, 3.8) is 0 Å². The Kier molecular flexibility index (Phi) is 6.19. The van der Waals surface area contributed by atoms with Gasteiger partial charge < -0.3 is 4.74 Å². The van der Waals surface area contributed by atoms with E-state index >= 15 is 4.39 Å². The highest BCUT2D eigenvalue weighted by atomic mass is 35.5. The molecule has 7 nitrogen and oxygen atoms in total. The number of hydrogen-bond donors (Lipinski definition) is 1. The first-order chi connectivity index (χ1) is 17.3. The van der Waals surface area contributed by atoms with Crippen LogP contribution < -0.4 is 4.72 Å². The number of nitrogens with zero attached hydrogens (tertiary/aromatic N) is 3. The fourth-order valence-electron chi connectivity index (χ4n) is 4.20. The smallest absolute Gasteiger partial charge is 0.264 e. The van der Waals surface area contributed by atoms with Crippen LogP contribution in [0, 0.1) is 0 Å². The van der Waals surface area contributed by atoms with Crippen molar-refractivity contribution in [1.82, 2.24) is 15.0 Å². The number of nitrogens with one attached hydrogen (secondary N) is 1. The molecule has 0 aliphatic heterocycles. The molecule has 0 saturated heterocycles. The molecule has 2 heterocycles. The third-order valence-electron chi connectivity index (χ3n) is 5.91. The number of hydrogen-bond acceptors (Lipinski definition) is 6. The van der Waals surface area contributed by atoms with Crippen molar-refractivity contribution >= 4 is 43.9 Å². The Hall–Kier alpha value is -3.82. The van der Waals surface area contributed by atoms with Crippen LogP contribution >= 0.6 is 11.6 Å². The molecule has 0 amide bonds. The lowest BCUT2D eigenvalue weighted by Gasteiger charge is -2.32. The highest BCUT2D eigenvalue weighted by Crippen LogP contribution is 2.49. The first-order valence-electron chi connectivity index (χ1n) is 10.9. The molecule has 1 aliphatic carbocycles. The van der Waals surface area contributed by atoms with E-state index in [-0.39, 0.29) is 28.7 Å². The van der Waals surface area contributed by atoms with Crippen LogP contribution in [0.15, 0.2) is 101 Å². The number of alkyl halides is 1. The van der Waals surface area contributed by atoms with Crippen LogP contribution in [0.5, 0.6) is 0 Å². The Morgan fingerprint density at radius 3 is 2.47 bits per heavy atom. The lowest BCUT2D eigenvalue weighted by molar-refractivity contribution is 0.110. The number of halogens is 2. The van der Waals surface area contributed by atoms with Gasteiger partial charge in [-0.25, -0.2) is 27.5 Å². The lowest BCUT2D eigenvalue weighted by Crippen LogP contribution is -2.29. The van der Waals surface area contributed by atoms with E-state index in [1.165, 1.54) is 50.0 Å². The average Bonchev–Trinajstić information content (AvgIpc) is 2.90. The van der Waals surface area contributed by atoms with Crippen LogP contribution in [0.4, 0.5) is 10.3 Å². The summed E-state index contributed by atoms with van der Waals surface area (Å²) < 4.78 is 50.5.